The van der Waals surface area contributed by atoms with Gasteiger partial charge in [0.2, 0.25) is 5.28 Å². The molecule has 1 aromatic carbocycles. The number of aromatic nitrogens is 3. The van der Waals surface area contributed by atoms with Crippen molar-refractivity contribution in [1.82, 2.24) is 19.9 Å². The fraction of sp³-hybridized carbons (Fsp3) is 0.300. The van der Waals surface area contributed by atoms with E-state index >= 15 is 0 Å². The van der Waals surface area contributed by atoms with E-state index in [1.807, 2.05) is 30.3 Å². The van der Waals surface area contributed by atoms with E-state index in [-0.39, 0.29) is 17.5 Å². The van der Waals surface area contributed by atoms with E-state index in [0.29, 0.717) is 11.0 Å². The molecule has 1 unspecified atom stereocenters. The van der Waals surface area contributed by atoms with Gasteiger partial charge >= 0.3 is 12.1 Å². The van der Waals surface area contributed by atoms with Crippen LogP contribution in [-0.2, 0) is 4.74 Å². The third kappa shape index (κ3) is 4.83. The quantitative estimate of drug-likeness (QED) is 0.611. The molecule has 0 aliphatic heterocycles. The van der Waals surface area contributed by atoms with Crippen LogP contribution in [0.1, 0.15) is 42.9 Å². The lowest BCUT2D eigenvalue weighted by molar-refractivity contribution is 0.0523. The molecule has 0 bridgehead atoms. The monoisotopic (exact) mass is 416 g/mol. The summed E-state index contributed by atoms with van der Waals surface area (Å²) in [5.74, 6) is -1.13. The smallest absolute Gasteiger partial charge is 0.407 e. The molecule has 0 saturated heterocycles. The maximum atomic E-state index is 12.2. The fourth-order valence-corrected chi connectivity index (χ4v) is 3.12. The lowest BCUT2D eigenvalue weighted by atomic mass is 10.1. The van der Waals surface area contributed by atoms with Crippen LogP contribution in [0.3, 0.4) is 0 Å². The molecule has 2 aromatic heterocycles. The van der Waals surface area contributed by atoms with Crippen molar-refractivity contribution in [3.05, 3.63) is 59.1 Å². The normalized spacial score (nSPS) is 12.6. The Morgan fingerprint density at radius 2 is 1.97 bits per heavy atom. The highest BCUT2D eigenvalue weighted by molar-refractivity contribution is 6.28. The van der Waals surface area contributed by atoms with Gasteiger partial charge in [-0.1, -0.05) is 30.3 Å². The zero-order chi connectivity index (χ0) is 21.2. The number of ether oxygens (including phenoxy) is 1. The Morgan fingerprint density at radius 3 is 2.59 bits per heavy atom. The Morgan fingerprint density at radius 1 is 1.28 bits per heavy atom. The summed E-state index contributed by atoms with van der Waals surface area (Å²) >= 11 is 5.96. The SMILES string of the molecule is CC(C)(C)OC(=O)NCC(c1ccccc1)n1c(C(=O)O)cc2cnc(Cl)nc21. The summed E-state index contributed by atoms with van der Waals surface area (Å²) < 4.78 is 6.84. The van der Waals surface area contributed by atoms with Crippen molar-refractivity contribution in [2.75, 3.05) is 6.54 Å². The first-order valence-corrected chi connectivity index (χ1v) is 9.32. The highest BCUT2D eigenvalue weighted by atomic mass is 35.5. The molecule has 0 radical (unpaired) electrons. The average Bonchev–Trinajstić information content (AvgIpc) is 3.00. The van der Waals surface area contributed by atoms with Gasteiger partial charge in [-0.25, -0.2) is 14.6 Å². The summed E-state index contributed by atoms with van der Waals surface area (Å²) in [6, 6.07) is 10.2. The number of carboxylic acids is 1. The molecular weight excluding hydrogens is 396 g/mol. The van der Waals surface area contributed by atoms with Crippen LogP contribution in [0.15, 0.2) is 42.6 Å². The highest BCUT2D eigenvalue weighted by Gasteiger charge is 2.26. The van der Waals surface area contributed by atoms with Crippen molar-refractivity contribution >= 4 is 34.7 Å². The maximum absolute atomic E-state index is 12.2. The van der Waals surface area contributed by atoms with Gasteiger partial charge in [-0.2, -0.15) is 4.98 Å². The van der Waals surface area contributed by atoms with Gasteiger partial charge in [0.15, 0.2) is 0 Å². The second kappa shape index (κ2) is 8.08. The van der Waals surface area contributed by atoms with Gasteiger partial charge in [-0.15, -0.1) is 0 Å². The number of carboxylic acid groups (broad SMARTS) is 1. The van der Waals surface area contributed by atoms with Crippen LogP contribution in [0.2, 0.25) is 5.28 Å². The molecule has 0 fully saturated rings. The van der Waals surface area contributed by atoms with Crippen molar-refractivity contribution in [3.63, 3.8) is 0 Å². The summed E-state index contributed by atoms with van der Waals surface area (Å²) in [6.07, 6.45) is 0.871. The molecule has 3 rings (SSSR count). The van der Waals surface area contributed by atoms with Gasteiger partial charge in [0.1, 0.15) is 16.9 Å². The van der Waals surface area contributed by atoms with E-state index < -0.39 is 23.7 Å². The number of nitrogens with zero attached hydrogens (tertiary/aromatic N) is 3. The number of fused-ring (bicyclic) bond motifs is 1. The highest BCUT2D eigenvalue weighted by Crippen LogP contribution is 2.28. The van der Waals surface area contributed by atoms with Crippen LogP contribution in [-0.4, -0.2) is 43.8 Å². The Balaban J connectivity index is 2.07. The van der Waals surface area contributed by atoms with E-state index in [9.17, 15) is 14.7 Å². The largest absolute Gasteiger partial charge is 0.477 e. The number of amides is 1. The van der Waals surface area contributed by atoms with Crippen LogP contribution >= 0.6 is 11.6 Å². The van der Waals surface area contributed by atoms with Gasteiger partial charge in [0.25, 0.3) is 0 Å². The molecule has 1 amide bonds. The molecule has 0 aliphatic carbocycles. The summed E-state index contributed by atoms with van der Waals surface area (Å²) in [6.45, 7) is 5.39. The standard InChI is InChI=1S/C20H21ClN4O4/c1-20(2,3)29-19(28)23-11-15(12-7-5-4-6-8-12)25-14(17(26)27)9-13-10-22-18(21)24-16(13)25/h4-10,15H,11H2,1-3H3,(H,23,28)(H,26,27). The van der Waals surface area contributed by atoms with Crippen LogP contribution in [0.4, 0.5) is 4.79 Å². The first-order valence-electron chi connectivity index (χ1n) is 8.94. The first-order chi connectivity index (χ1) is 13.7. The molecular formula is C20H21ClN4O4. The molecule has 0 aliphatic rings. The van der Waals surface area contributed by atoms with Crippen molar-refractivity contribution in [2.24, 2.45) is 0 Å². The molecule has 9 heteroatoms. The molecule has 2 N–H and O–H groups in total. The number of carbonyl (C=O) groups excluding carboxylic acids is 1. The number of alkyl carbamates (subject to hydrolysis) is 1. The molecule has 0 spiro atoms. The first kappa shape index (κ1) is 20.6. The van der Waals surface area contributed by atoms with Crippen LogP contribution < -0.4 is 5.32 Å². The van der Waals surface area contributed by atoms with Gasteiger partial charge < -0.3 is 19.7 Å². The van der Waals surface area contributed by atoms with Crippen LogP contribution in [0.25, 0.3) is 11.0 Å². The second-order valence-electron chi connectivity index (χ2n) is 7.43. The molecule has 1 atom stereocenters. The molecule has 29 heavy (non-hydrogen) atoms. The molecule has 3 aromatic rings. The molecule has 152 valence electrons. The van der Waals surface area contributed by atoms with Gasteiger partial charge in [-0.3, -0.25) is 0 Å². The van der Waals surface area contributed by atoms with Crippen LogP contribution in [0.5, 0.6) is 0 Å². The van der Waals surface area contributed by atoms with Gasteiger partial charge in [0.05, 0.1) is 6.04 Å². The summed E-state index contributed by atoms with van der Waals surface area (Å²) in [4.78, 5) is 32.3. The van der Waals surface area contributed by atoms with Crippen molar-refractivity contribution < 1.29 is 19.4 Å². The Labute approximate surface area is 172 Å². The topological polar surface area (TPSA) is 106 Å². The maximum Gasteiger partial charge on any atom is 0.407 e. The summed E-state index contributed by atoms with van der Waals surface area (Å²) in [5.41, 5.74) is 0.511. The molecule has 0 saturated carbocycles. The third-order valence-electron chi connectivity index (χ3n) is 4.10. The average molecular weight is 417 g/mol. The molecule has 2 heterocycles. The number of hydrogen-bond donors (Lipinski definition) is 2. The Kier molecular flexibility index (Phi) is 5.74. The van der Waals surface area contributed by atoms with Crippen LogP contribution in [0, 0.1) is 0 Å². The molecule has 8 nitrogen and oxygen atoms in total. The third-order valence-corrected chi connectivity index (χ3v) is 4.28. The Bertz CT molecular complexity index is 1040. The fourth-order valence-electron chi connectivity index (χ4n) is 2.99. The number of benzene rings is 1. The zero-order valence-corrected chi connectivity index (χ0v) is 17.0. The zero-order valence-electron chi connectivity index (χ0n) is 16.2. The minimum absolute atomic E-state index is 0.000650. The number of hydrogen-bond acceptors (Lipinski definition) is 5. The number of aromatic carboxylic acids is 1. The minimum Gasteiger partial charge on any atom is -0.477 e. The van der Waals surface area contributed by atoms with Gasteiger partial charge in [0, 0.05) is 18.1 Å². The van der Waals surface area contributed by atoms with E-state index in [0.717, 1.165) is 5.56 Å². The predicted octanol–water partition coefficient (Wildman–Crippen LogP) is 3.90. The van der Waals surface area contributed by atoms with Gasteiger partial charge in [-0.05, 0) is 44.0 Å². The minimum atomic E-state index is -1.13. The number of halogens is 1. The van der Waals surface area contributed by atoms with Crippen molar-refractivity contribution in [2.45, 2.75) is 32.4 Å². The number of carbonyl (C=O) groups is 2. The van der Waals surface area contributed by atoms with Crippen molar-refractivity contribution in [1.29, 1.82) is 0 Å². The second-order valence-corrected chi connectivity index (χ2v) is 7.77. The lowest BCUT2D eigenvalue weighted by Crippen LogP contribution is -2.36. The van der Waals surface area contributed by atoms with E-state index in [1.165, 1.54) is 16.8 Å². The number of rotatable bonds is 5. The van der Waals surface area contributed by atoms with E-state index in [2.05, 4.69) is 15.3 Å². The van der Waals surface area contributed by atoms with Crippen molar-refractivity contribution in [3.8, 4) is 0 Å². The Hall–Kier alpha value is -3.13. The summed E-state index contributed by atoms with van der Waals surface area (Å²) in [7, 11) is 0. The summed E-state index contributed by atoms with van der Waals surface area (Å²) in [5, 5.41) is 13.0. The number of nitrogens with one attached hydrogen (secondary N) is 1. The lowest BCUT2D eigenvalue weighted by Gasteiger charge is -2.24. The predicted molar refractivity (Wildman–Crippen MR) is 108 cm³/mol. The van der Waals surface area contributed by atoms with E-state index in [1.54, 1.807) is 20.8 Å². The van der Waals surface area contributed by atoms with E-state index in [4.69, 9.17) is 16.3 Å².